The molecule has 0 atom stereocenters. The number of nitrogens with zero attached hydrogens (tertiary/aromatic N) is 4. The van der Waals surface area contributed by atoms with Crippen molar-refractivity contribution in [3.63, 3.8) is 0 Å². The standard InChI is InChI=1S/C22H23N5OS2/c1-15-11-18(19-12-24-27(21(19)25-15)14-17-3-2-9-29-17)22(28)23-6-8-26-7-4-20-16(13-26)5-10-30-20/h2-3,5,9-12H,4,6-8,13-14H2,1H3,(H,23,28). The molecular weight excluding hydrogens is 414 g/mol. The Bertz CT molecular complexity index is 1180. The Morgan fingerprint density at radius 2 is 2.20 bits per heavy atom. The van der Waals surface area contributed by atoms with Crippen molar-refractivity contribution >= 4 is 39.6 Å². The molecule has 154 valence electrons. The molecule has 0 saturated heterocycles. The molecule has 5 rings (SSSR count). The molecule has 0 unspecified atom stereocenters. The largest absolute Gasteiger partial charge is 0.351 e. The summed E-state index contributed by atoms with van der Waals surface area (Å²) in [6.07, 6.45) is 2.86. The molecule has 1 aliphatic heterocycles. The van der Waals surface area contributed by atoms with Crippen LogP contribution in [0, 0.1) is 6.92 Å². The SMILES string of the molecule is Cc1cc(C(=O)NCCN2CCc3sccc3C2)c2cnn(Cc3cccs3)c2n1. The first-order valence-corrected chi connectivity index (χ1v) is 11.8. The maximum absolute atomic E-state index is 12.9. The van der Waals surface area contributed by atoms with Gasteiger partial charge in [0.15, 0.2) is 5.65 Å². The van der Waals surface area contributed by atoms with Crippen LogP contribution in [0.1, 0.15) is 31.4 Å². The third-order valence-corrected chi connectivity index (χ3v) is 7.35. The summed E-state index contributed by atoms with van der Waals surface area (Å²) in [6.45, 7) is 6.10. The van der Waals surface area contributed by atoms with Gasteiger partial charge in [0.2, 0.25) is 0 Å². The Kier molecular flexibility index (Phi) is 5.37. The highest BCUT2D eigenvalue weighted by Gasteiger charge is 2.19. The monoisotopic (exact) mass is 437 g/mol. The van der Waals surface area contributed by atoms with E-state index >= 15 is 0 Å². The quantitative estimate of drug-likeness (QED) is 0.500. The summed E-state index contributed by atoms with van der Waals surface area (Å²) >= 11 is 3.54. The zero-order chi connectivity index (χ0) is 20.5. The van der Waals surface area contributed by atoms with Crippen LogP contribution in [-0.2, 0) is 19.5 Å². The zero-order valence-electron chi connectivity index (χ0n) is 16.8. The third kappa shape index (κ3) is 3.90. The van der Waals surface area contributed by atoms with Gasteiger partial charge < -0.3 is 5.32 Å². The van der Waals surface area contributed by atoms with Crippen LogP contribution in [0.3, 0.4) is 0 Å². The summed E-state index contributed by atoms with van der Waals surface area (Å²) in [5.41, 5.74) is 3.66. The summed E-state index contributed by atoms with van der Waals surface area (Å²) in [5, 5.41) is 12.6. The smallest absolute Gasteiger partial charge is 0.252 e. The van der Waals surface area contributed by atoms with Gasteiger partial charge in [0.05, 0.1) is 23.7 Å². The average Bonchev–Trinajstić information content (AvgIpc) is 3.49. The number of nitrogens with one attached hydrogen (secondary N) is 1. The predicted molar refractivity (Wildman–Crippen MR) is 121 cm³/mol. The molecule has 0 aromatic carbocycles. The lowest BCUT2D eigenvalue weighted by Gasteiger charge is -2.26. The second kappa shape index (κ2) is 8.29. The lowest BCUT2D eigenvalue weighted by molar-refractivity contribution is 0.0949. The van der Waals surface area contributed by atoms with Crippen LogP contribution in [-0.4, -0.2) is 45.2 Å². The molecular formula is C22H23N5OS2. The molecule has 0 saturated carbocycles. The predicted octanol–water partition coefficient (Wildman–Crippen LogP) is 3.70. The number of pyridine rings is 1. The van der Waals surface area contributed by atoms with Gasteiger partial charge in [-0.1, -0.05) is 6.07 Å². The van der Waals surface area contributed by atoms with Crippen molar-refractivity contribution in [2.75, 3.05) is 19.6 Å². The third-order valence-electron chi connectivity index (χ3n) is 5.47. The van der Waals surface area contributed by atoms with E-state index in [1.165, 1.54) is 15.3 Å². The molecule has 4 aromatic heterocycles. The molecule has 0 bridgehead atoms. The number of hydrogen-bond donors (Lipinski definition) is 1. The van der Waals surface area contributed by atoms with E-state index in [2.05, 4.69) is 43.2 Å². The van der Waals surface area contributed by atoms with Crippen molar-refractivity contribution in [3.8, 4) is 0 Å². The van der Waals surface area contributed by atoms with Crippen LogP contribution in [0.5, 0.6) is 0 Å². The molecule has 0 radical (unpaired) electrons. The summed E-state index contributed by atoms with van der Waals surface area (Å²) in [5.74, 6) is -0.0607. The number of aromatic nitrogens is 3. The van der Waals surface area contributed by atoms with Crippen molar-refractivity contribution in [2.24, 2.45) is 0 Å². The highest BCUT2D eigenvalue weighted by Crippen LogP contribution is 2.24. The number of carbonyl (C=O) groups excluding carboxylic acids is 1. The molecule has 0 fully saturated rings. The molecule has 30 heavy (non-hydrogen) atoms. The molecule has 4 aromatic rings. The van der Waals surface area contributed by atoms with Crippen molar-refractivity contribution in [3.05, 3.63) is 67.8 Å². The van der Waals surface area contributed by atoms with Crippen LogP contribution in [0.4, 0.5) is 0 Å². The van der Waals surface area contributed by atoms with Gasteiger partial charge in [-0.05, 0) is 47.9 Å². The summed E-state index contributed by atoms with van der Waals surface area (Å²) < 4.78 is 1.87. The second-order valence-electron chi connectivity index (χ2n) is 7.58. The number of rotatable bonds is 6. The number of carbonyl (C=O) groups is 1. The Labute approximate surface area is 183 Å². The van der Waals surface area contributed by atoms with Crippen LogP contribution >= 0.6 is 22.7 Å². The Hall–Kier alpha value is -2.55. The van der Waals surface area contributed by atoms with E-state index in [0.29, 0.717) is 18.7 Å². The average molecular weight is 438 g/mol. The second-order valence-corrected chi connectivity index (χ2v) is 9.61. The highest BCUT2D eigenvalue weighted by molar-refractivity contribution is 7.10. The van der Waals surface area contributed by atoms with Gasteiger partial charge in [-0.15, -0.1) is 22.7 Å². The van der Waals surface area contributed by atoms with Crippen molar-refractivity contribution in [1.29, 1.82) is 0 Å². The van der Waals surface area contributed by atoms with E-state index in [1.54, 1.807) is 17.5 Å². The maximum atomic E-state index is 12.9. The van der Waals surface area contributed by atoms with E-state index < -0.39 is 0 Å². The molecule has 0 spiro atoms. The maximum Gasteiger partial charge on any atom is 0.252 e. The minimum absolute atomic E-state index is 0.0607. The van der Waals surface area contributed by atoms with Gasteiger partial charge in [-0.25, -0.2) is 9.67 Å². The molecule has 1 aliphatic rings. The van der Waals surface area contributed by atoms with Gasteiger partial charge in [-0.3, -0.25) is 9.69 Å². The van der Waals surface area contributed by atoms with E-state index in [-0.39, 0.29) is 5.91 Å². The van der Waals surface area contributed by atoms with Crippen LogP contribution < -0.4 is 5.32 Å². The minimum atomic E-state index is -0.0607. The first kappa shape index (κ1) is 19.4. The summed E-state index contributed by atoms with van der Waals surface area (Å²) in [7, 11) is 0. The molecule has 0 aliphatic carbocycles. The Morgan fingerprint density at radius 1 is 1.27 bits per heavy atom. The fraction of sp³-hybridized carbons (Fsp3) is 0.318. The molecule has 8 heteroatoms. The number of thiophene rings is 2. The summed E-state index contributed by atoms with van der Waals surface area (Å²) in [6, 6.07) is 8.19. The van der Waals surface area contributed by atoms with Crippen molar-refractivity contribution < 1.29 is 4.79 Å². The van der Waals surface area contributed by atoms with E-state index in [1.807, 2.05) is 35.1 Å². The Balaban J connectivity index is 1.27. The van der Waals surface area contributed by atoms with E-state index in [0.717, 1.165) is 42.8 Å². The zero-order valence-corrected chi connectivity index (χ0v) is 18.4. The van der Waals surface area contributed by atoms with Crippen LogP contribution in [0.25, 0.3) is 11.0 Å². The van der Waals surface area contributed by atoms with Gasteiger partial charge in [-0.2, -0.15) is 5.10 Å². The fourth-order valence-electron chi connectivity index (χ4n) is 3.95. The van der Waals surface area contributed by atoms with Gasteiger partial charge in [0, 0.05) is 41.6 Å². The van der Waals surface area contributed by atoms with Crippen LogP contribution in [0.2, 0.25) is 0 Å². The van der Waals surface area contributed by atoms with Crippen molar-refractivity contribution in [1.82, 2.24) is 25.0 Å². The van der Waals surface area contributed by atoms with Gasteiger partial charge in [0.1, 0.15) is 0 Å². The van der Waals surface area contributed by atoms with Crippen LogP contribution in [0.15, 0.2) is 41.2 Å². The normalized spacial score (nSPS) is 14.2. The molecule has 1 amide bonds. The van der Waals surface area contributed by atoms with Gasteiger partial charge in [0.25, 0.3) is 5.91 Å². The number of hydrogen-bond acceptors (Lipinski definition) is 6. The topological polar surface area (TPSA) is 63.1 Å². The minimum Gasteiger partial charge on any atom is -0.351 e. The van der Waals surface area contributed by atoms with Crippen molar-refractivity contribution in [2.45, 2.75) is 26.4 Å². The van der Waals surface area contributed by atoms with E-state index in [9.17, 15) is 4.79 Å². The summed E-state index contributed by atoms with van der Waals surface area (Å²) in [4.78, 5) is 22.7. The lowest BCUT2D eigenvalue weighted by atomic mass is 10.1. The molecule has 1 N–H and O–H groups in total. The Morgan fingerprint density at radius 3 is 3.07 bits per heavy atom. The van der Waals surface area contributed by atoms with Gasteiger partial charge >= 0.3 is 0 Å². The lowest BCUT2D eigenvalue weighted by Crippen LogP contribution is -2.37. The molecule has 5 heterocycles. The number of amides is 1. The number of fused-ring (bicyclic) bond motifs is 2. The first-order valence-electron chi connectivity index (χ1n) is 10.1. The van der Waals surface area contributed by atoms with E-state index in [4.69, 9.17) is 0 Å². The fourth-order valence-corrected chi connectivity index (χ4v) is 5.52. The first-order chi connectivity index (χ1) is 14.7. The highest BCUT2D eigenvalue weighted by atomic mass is 32.1. The number of aryl methyl sites for hydroxylation is 1. The molecule has 6 nitrogen and oxygen atoms in total.